The van der Waals surface area contributed by atoms with E-state index in [1.807, 2.05) is 132 Å². The first kappa shape index (κ1) is 104. The molecule has 24 nitrogen and oxygen atoms in total. The first-order chi connectivity index (χ1) is 58.4. The highest BCUT2D eigenvalue weighted by molar-refractivity contribution is 6.34. The third-order valence-electron chi connectivity index (χ3n) is 19.3. The summed E-state index contributed by atoms with van der Waals surface area (Å²) >= 11 is 26.3. The highest BCUT2D eigenvalue weighted by Crippen LogP contribution is 2.41. The van der Waals surface area contributed by atoms with Crippen LogP contribution in [0.3, 0.4) is 0 Å². The molecule has 0 amide bonds. The number of ether oxygens (including phenoxy) is 8. The normalized spacial score (nSPS) is 13.3. The summed E-state index contributed by atoms with van der Waals surface area (Å²) in [5.41, 5.74) is 12.8. The molecule has 4 heterocycles. The fraction of sp³-hybridized carbons (Fsp3) is 0.464. The molecule has 0 aliphatic carbocycles. The molecule has 0 saturated carbocycles. The maximum Gasteiger partial charge on any atom is 0.311 e. The molecule has 0 aliphatic heterocycles. The van der Waals surface area contributed by atoms with Gasteiger partial charge in [0.05, 0.1) is 48.8 Å². The number of hydrogen-bond acceptors (Lipinski definition) is 20. The molecular formula is C97H122Cl4N12O12. The van der Waals surface area contributed by atoms with Crippen molar-refractivity contribution in [2.75, 3.05) is 0 Å². The van der Waals surface area contributed by atoms with Gasteiger partial charge in [-0.2, -0.15) is 41.4 Å². The van der Waals surface area contributed by atoms with Gasteiger partial charge in [0.2, 0.25) is 25.2 Å². The Morgan fingerprint density at radius 1 is 0.352 bits per heavy atom. The Morgan fingerprint density at radius 2 is 0.568 bits per heavy atom. The summed E-state index contributed by atoms with van der Waals surface area (Å²) in [5.74, 6) is -1.02. The van der Waals surface area contributed by atoms with Gasteiger partial charge >= 0.3 is 23.9 Å². The largest absolute Gasteiger partial charge is 0.451 e. The second-order valence-corrected chi connectivity index (χ2v) is 35.4. The van der Waals surface area contributed by atoms with E-state index in [1.165, 1.54) is 6.92 Å². The van der Waals surface area contributed by atoms with Gasteiger partial charge in [-0.15, -0.1) is 0 Å². The summed E-state index contributed by atoms with van der Waals surface area (Å²) in [5, 5.41) is 59.7. The summed E-state index contributed by atoms with van der Waals surface area (Å²) in [6.45, 7) is 57.4. The van der Waals surface area contributed by atoms with Crippen molar-refractivity contribution >= 4 is 116 Å². The van der Waals surface area contributed by atoms with E-state index in [1.54, 1.807) is 94.9 Å². The predicted molar refractivity (Wildman–Crippen MR) is 493 cm³/mol. The molecule has 4 aromatic carbocycles. The van der Waals surface area contributed by atoms with E-state index in [0.29, 0.717) is 132 Å². The first-order valence-corrected chi connectivity index (χ1v) is 43.3. The molecule has 0 aliphatic rings. The van der Waals surface area contributed by atoms with E-state index in [9.17, 15) is 40.2 Å². The van der Waals surface area contributed by atoms with Gasteiger partial charge in [-0.25, -0.2) is 0 Å². The molecule has 0 bridgehead atoms. The Hall–Kier alpha value is -11.1. The van der Waals surface area contributed by atoms with Crippen LogP contribution < -0.4 is 0 Å². The number of hydrogen-bond donors (Lipinski definition) is 0. The molecular weight excluding hydrogens is 1670 g/mol. The minimum atomic E-state index is -0.923. The van der Waals surface area contributed by atoms with E-state index in [4.69, 9.17) is 84.3 Å². The van der Waals surface area contributed by atoms with Crippen LogP contribution in [0.5, 0.6) is 0 Å². The van der Waals surface area contributed by atoms with Gasteiger partial charge in [0.15, 0.2) is 23.0 Å². The third kappa shape index (κ3) is 28.2. The van der Waals surface area contributed by atoms with Crippen LogP contribution in [0.15, 0.2) is 97.1 Å². The van der Waals surface area contributed by atoms with Crippen LogP contribution in [0.25, 0.3) is 45.3 Å². The number of halogens is 4. The van der Waals surface area contributed by atoms with Crippen LogP contribution in [-0.2, 0) is 105 Å². The third-order valence-corrected chi connectivity index (χ3v) is 21.2. The zero-order chi connectivity index (χ0) is 94.2. The number of carbonyl (C=O) groups excluding carboxylic acids is 4. The monoisotopic (exact) mass is 1790 g/mol. The van der Waals surface area contributed by atoms with Crippen LogP contribution in [0.1, 0.15) is 282 Å². The maximum atomic E-state index is 12.1. The lowest BCUT2D eigenvalue weighted by molar-refractivity contribution is -0.168. The fourth-order valence-electron chi connectivity index (χ4n) is 12.5. The number of nitriles is 4. The molecule has 125 heavy (non-hydrogen) atoms. The lowest BCUT2D eigenvalue weighted by Gasteiger charge is -2.21. The quantitative estimate of drug-likeness (QED) is 0.0145. The van der Waals surface area contributed by atoms with Crippen LogP contribution in [-0.4, -0.2) is 88.2 Å². The molecule has 4 aromatic heterocycles. The molecule has 4 unspecified atom stereocenters. The van der Waals surface area contributed by atoms with Crippen LogP contribution in [0, 0.1) is 78.9 Å². The van der Waals surface area contributed by atoms with Crippen molar-refractivity contribution in [2.45, 2.75) is 293 Å². The number of allylic oxidation sites excluding steroid dienone is 4. The van der Waals surface area contributed by atoms with Crippen molar-refractivity contribution in [2.24, 2.45) is 5.92 Å². The molecule has 8 aromatic rings. The highest BCUT2D eigenvalue weighted by Gasteiger charge is 2.33. The minimum Gasteiger partial charge on any atom is -0.451 e. The van der Waals surface area contributed by atoms with E-state index >= 15 is 0 Å². The summed E-state index contributed by atoms with van der Waals surface area (Å²) in [7, 11) is 0. The zero-order valence-electron chi connectivity index (χ0n) is 77.9. The van der Waals surface area contributed by atoms with Crippen molar-refractivity contribution in [3.05, 3.63) is 207 Å². The van der Waals surface area contributed by atoms with E-state index in [0.717, 1.165) is 22.3 Å². The second kappa shape index (κ2) is 46.2. The summed E-state index contributed by atoms with van der Waals surface area (Å²) < 4.78 is 52.0. The van der Waals surface area contributed by atoms with Crippen molar-refractivity contribution in [3.63, 3.8) is 0 Å². The smallest absolute Gasteiger partial charge is 0.311 e. The number of carbonyl (C=O) groups is 4. The van der Waals surface area contributed by atoms with E-state index in [2.05, 4.69) is 128 Å². The Morgan fingerprint density at radius 3 is 0.752 bits per heavy atom. The molecule has 28 heteroatoms. The number of nitrogens with zero attached hydrogens (tertiary/aromatic N) is 12. The lowest BCUT2D eigenvalue weighted by Crippen LogP contribution is -2.22. The minimum absolute atomic E-state index is 0.0144. The maximum absolute atomic E-state index is 12.1. The fourth-order valence-corrected chi connectivity index (χ4v) is 13.4. The van der Waals surface area contributed by atoms with Crippen molar-refractivity contribution in [1.29, 1.82) is 21.0 Å². The standard InChI is InChI=1S/2C25H32ClN3O3.C24H30ClN3O3.C23H28ClN3O3/c1-9-29-22(21(26)16(4)28-29)23(31-17(5)32-24(30)15(2)3)20(14-27)18-10-12-19(13-11-18)25(6,7)8;1-8-10-21(30)31-17(4)32-24(23-22(26)16(3)28-29(23)9-2)20(15-27)18-11-13-19(14-12-18)25(5,6)7;1-8-20(29)30-16(4)31-23(22-21(25)15(3)27-28(22)9-2)19(14-26)17-10-12-18(13-11-17)24(5,6)7;1-8-27-21(20(24)14(2)26-27)22(30-16(4)29-15(3)28)19(13-25)17-9-11-18(12-10-17)23(5,6)7/h10-13,15,17H,9H2,1-8H3;11-14,17H,8-10H2,1-7H3;10-13,16H,8-9H2,1-7H3;9-12,16H,8H2,1-7H3/b23-20-;24-20-;23-19-;22-19-. The predicted octanol–water partition coefficient (Wildman–Crippen LogP) is 23.7. The van der Waals surface area contributed by atoms with Crippen LogP contribution in [0.4, 0.5) is 0 Å². The van der Waals surface area contributed by atoms with Gasteiger partial charge in [0, 0.05) is 73.6 Å². The van der Waals surface area contributed by atoms with Crippen molar-refractivity contribution in [3.8, 4) is 24.3 Å². The average Bonchev–Trinajstić information content (AvgIpc) is 1.70. The van der Waals surface area contributed by atoms with E-state index in [-0.39, 0.29) is 79.7 Å². The molecule has 8 rings (SSSR count). The van der Waals surface area contributed by atoms with Crippen molar-refractivity contribution in [1.82, 2.24) is 39.1 Å². The topological polar surface area (TPSA) is 309 Å². The lowest BCUT2D eigenvalue weighted by atomic mass is 9.86. The molecule has 4 atom stereocenters. The van der Waals surface area contributed by atoms with Gasteiger partial charge in [-0.3, -0.25) is 37.9 Å². The number of esters is 4. The molecule has 0 fully saturated rings. The Labute approximate surface area is 758 Å². The highest BCUT2D eigenvalue weighted by atomic mass is 35.5. The summed E-state index contributed by atoms with van der Waals surface area (Å²) in [6.07, 6.45) is -2.46. The first-order valence-electron chi connectivity index (χ1n) is 41.8. The number of benzene rings is 4. The molecule has 0 saturated heterocycles. The van der Waals surface area contributed by atoms with Crippen LogP contribution >= 0.6 is 46.4 Å². The number of aromatic nitrogens is 8. The van der Waals surface area contributed by atoms with Gasteiger partial charge in [0.25, 0.3) is 0 Å². The molecule has 0 spiro atoms. The summed E-state index contributed by atoms with van der Waals surface area (Å²) in [6, 6.07) is 40.1. The number of rotatable bonds is 28. The Kier molecular flexibility index (Phi) is 38.6. The van der Waals surface area contributed by atoms with Crippen LogP contribution in [0.2, 0.25) is 20.1 Å². The molecule has 0 radical (unpaired) electrons. The Balaban J connectivity index is 0.000000296. The zero-order valence-corrected chi connectivity index (χ0v) is 80.9. The average molecular weight is 1790 g/mol. The van der Waals surface area contributed by atoms with E-state index < -0.39 is 43.1 Å². The SMILES string of the molecule is CCC(=O)OC(C)O/C(=C(/C#N)c1ccc(C(C)(C)C)cc1)c1c(Cl)c(C)nn1CC.CCCC(=O)OC(C)O/C(=C(/C#N)c1ccc(C(C)(C)C)cc1)c1c(Cl)c(C)nn1CC.CCn1nc(C)c(Cl)c1/C(OC(C)OC(=O)C(C)C)=C(\C#N)c1ccc(C(C)(C)C)cc1.CCn1nc(C)c(Cl)c1/C(OC(C)OC(C)=O)=C(\C#N)c1ccc(C(C)(C)C)cc1. The Bertz CT molecular complexity index is 5400. The number of aryl methyl sites for hydroxylation is 8. The molecule has 0 N–H and O–H groups in total. The van der Waals surface area contributed by atoms with Gasteiger partial charge in [-0.05, 0) is 128 Å². The molecule has 670 valence electrons. The van der Waals surface area contributed by atoms with Crippen molar-refractivity contribution < 1.29 is 57.1 Å². The summed E-state index contributed by atoms with van der Waals surface area (Å²) in [4.78, 5) is 47.2. The van der Waals surface area contributed by atoms with Gasteiger partial charge in [-0.1, -0.05) is 254 Å². The van der Waals surface area contributed by atoms with Gasteiger partial charge < -0.3 is 37.9 Å². The van der Waals surface area contributed by atoms with Gasteiger partial charge in [0.1, 0.15) is 69.3 Å². The second-order valence-electron chi connectivity index (χ2n) is 33.9.